The zero-order valence-electron chi connectivity index (χ0n) is 17.8. The van der Waals surface area contributed by atoms with Gasteiger partial charge >= 0.3 is 0 Å². The molecule has 1 saturated heterocycles. The molecule has 30 heavy (non-hydrogen) atoms. The Kier molecular flexibility index (Phi) is 6.71. The van der Waals surface area contributed by atoms with Crippen molar-refractivity contribution in [1.82, 2.24) is 4.98 Å². The number of pyridine rings is 1. The number of hydrogen-bond donors (Lipinski definition) is 2. The Bertz CT molecular complexity index is 914. The average Bonchev–Trinajstić information content (AvgIpc) is 2.76. The number of benzene rings is 1. The van der Waals surface area contributed by atoms with Crippen LogP contribution in [0.5, 0.6) is 5.75 Å². The van der Waals surface area contributed by atoms with Crippen LogP contribution in [0.1, 0.15) is 58.3 Å². The smallest absolute Gasteiger partial charge is 0.255 e. The number of rotatable bonds is 6. The Balaban J connectivity index is 1.45. The number of hydrogen-bond acceptors (Lipinski definition) is 4. The lowest BCUT2D eigenvalue weighted by atomic mass is 9.63. The monoisotopic (exact) mass is 432 g/mol. The van der Waals surface area contributed by atoms with Crippen LogP contribution in [0.25, 0.3) is 10.8 Å². The van der Waals surface area contributed by atoms with Crippen molar-refractivity contribution in [3.8, 4) is 5.75 Å². The molecule has 1 saturated carbocycles. The van der Waals surface area contributed by atoms with Crippen molar-refractivity contribution in [1.29, 1.82) is 0 Å². The maximum absolute atomic E-state index is 12.0. The Morgan fingerprint density at radius 1 is 1.27 bits per heavy atom. The van der Waals surface area contributed by atoms with Gasteiger partial charge in [0.2, 0.25) is 0 Å². The van der Waals surface area contributed by atoms with Crippen LogP contribution >= 0.6 is 11.6 Å². The van der Waals surface area contributed by atoms with Crippen LogP contribution < -0.4 is 16.0 Å². The number of fused-ring (bicyclic) bond motifs is 1. The van der Waals surface area contributed by atoms with E-state index in [-0.39, 0.29) is 23.1 Å². The van der Waals surface area contributed by atoms with Gasteiger partial charge in [0, 0.05) is 30.8 Å². The third-order valence-electron chi connectivity index (χ3n) is 7.31. The van der Waals surface area contributed by atoms with Gasteiger partial charge in [0.1, 0.15) is 5.75 Å². The summed E-state index contributed by atoms with van der Waals surface area (Å²) in [5.74, 6) is 1.39. The highest BCUT2D eigenvalue weighted by atomic mass is 35.5. The van der Waals surface area contributed by atoms with E-state index in [0.29, 0.717) is 16.2 Å². The summed E-state index contributed by atoms with van der Waals surface area (Å²) in [6.45, 7) is 3.98. The minimum absolute atomic E-state index is 0.133. The summed E-state index contributed by atoms with van der Waals surface area (Å²) in [7, 11) is 0. The van der Waals surface area contributed by atoms with Crippen molar-refractivity contribution in [3.63, 3.8) is 0 Å². The van der Waals surface area contributed by atoms with E-state index in [1.807, 2.05) is 12.1 Å². The van der Waals surface area contributed by atoms with E-state index in [2.05, 4.69) is 11.9 Å². The molecule has 2 fully saturated rings. The van der Waals surface area contributed by atoms with Crippen LogP contribution in [0.15, 0.2) is 29.2 Å². The Morgan fingerprint density at radius 3 is 2.70 bits per heavy atom. The Labute approximate surface area is 183 Å². The highest BCUT2D eigenvalue weighted by molar-refractivity contribution is 6.32. The highest BCUT2D eigenvalue weighted by Crippen LogP contribution is 2.47. The lowest BCUT2D eigenvalue weighted by Crippen LogP contribution is -2.47. The van der Waals surface area contributed by atoms with E-state index in [1.54, 1.807) is 12.3 Å². The van der Waals surface area contributed by atoms with Gasteiger partial charge in [-0.3, -0.25) is 4.79 Å². The van der Waals surface area contributed by atoms with Crippen LogP contribution in [0.2, 0.25) is 5.02 Å². The van der Waals surface area contributed by atoms with Crippen LogP contribution in [0, 0.1) is 11.3 Å². The van der Waals surface area contributed by atoms with Gasteiger partial charge < -0.3 is 20.2 Å². The number of aromatic nitrogens is 1. The molecule has 1 aromatic heterocycles. The summed E-state index contributed by atoms with van der Waals surface area (Å²) >= 11 is 6.44. The predicted octanol–water partition coefficient (Wildman–Crippen LogP) is 5.04. The number of nitrogens with one attached hydrogen (secondary N) is 1. The maximum atomic E-state index is 12.0. The molecule has 1 aliphatic carbocycles. The second kappa shape index (κ2) is 9.29. The molecular formula is C24H33ClN2O3. The highest BCUT2D eigenvalue weighted by Gasteiger charge is 2.41. The molecule has 4 rings (SSSR count). The van der Waals surface area contributed by atoms with Gasteiger partial charge in [0.05, 0.1) is 11.1 Å². The summed E-state index contributed by atoms with van der Waals surface area (Å²) < 4.78 is 11.9. The fraction of sp³-hybridized carbons (Fsp3) is 0.625. The summed E-state index contributed by atoms with van der Waals surface area (Å²) in [4.78, 5) is 14.7. The van der Waals surface area contributed by atoms with Gasteiger partial charge in [-0.05, 0) is 86.3 Å². The van der Waals surface area contributed by atoms with Gasteiger partial charge in [-0.2, -0.15) is 0 Å². The normalized spacial score (nSPS) is 26.6. The zero-order chi connectivity index (χ0) is 21.1. The number of halogens is 1. The van der Waals surface area contributed by atoms with Crippen LogP contribution in [-0.2, 0) is 4.74 Å². The number of H-pyrrole nitrogens is 1. The minimum Gasteiger partial charge on any atom is -0.489 e. The number of aromatic amines is 1. The summed E-state index contributed by atoms with van der Waals surface area (Å²) in [6.07, 6.45) is 10.5. The van der Waals surface area contributed by atoms with Crippen molar-refractivity contribution in [2.45, 2.75) is 70.4 Å². The zero-order valence-corrected chi connectivity index (χ0v) is 18.5. The third kappa shape index (κ3) is 4.53. The van der Waals surface area contributed by atoms with Gasteiger partial charge in [-0.25, -0.2) is 0 Å². The molecule has 6 heteroatoms. The van der Waals surface area contributed by atoms with Crippen molar-refractivity contribution < 1.29 is 9.47 Å². The largest absolute Gasteiger partial charge is 0.489 e. The van der Waals surface area contributed by atoms with Crippen molar-refractivity contribution in [2.75, 3.05) is 13.2 Å². The number of nitrogens with two attached hydrogens (primary N) is 1. The molecule has 1 atom stereocenters. The van der Waals surface area contributed by atoms with Gasteiger partial charge in [0.25, 0.3) is 5.56 Å². The molecule has 0 bridgehead atoms. The first-order valence-electron chi connectivity index (χ1n) is 11.3. The molecule has 0 radical (unpaired) electrons. The average molecular weight is 433 g/mol. The van der Waals surface area contributed by atoms with Gasteiger partial charge in [-0.1, -0.05) is 18.5 Å². The molecule has 2 heterocycles. The molecule has 0 unspecified atom stereocenters. The molecule has 3 N–H and O–H groups in total. The van der Waals surface area contributed by atoms with E-state index in [0.717, 1.165) is 69.5 Å². The van der Waals surface area contributed by atoms with Gasteiger partial charge in [-0.15, -0.1) is 0 Å². The SMILES string of the molecule is CC[C@@H](N)C1(CC2CCOCC2)CCC(Oc2cc3cc[nH]c(=O)c3cc2Cl)CC1. The maximum Gasteiger partial charge on any atom is 0.255 e. The lowest BCUT2D eigenvalue weighted by molar-refractivity contribution is 0.00891. The molecule has 164 valence electrons. The minimum atomic E-state index is -0.134. The van der Waals surface area contributed by atoms with Gasteiger partial charge in [0.15, 0.2) is 0 Å². The molecular weight excluding hydrogens is 400 g/mol. The summed E-state index contributed by atoms with van der Waals surface area (Å²) in [5.41, 5.74) is 6.74. The van der Waals surface area contributed by atoms with E-state index >= 15 is 0 Å². The molecule has 0 spiro atoms. The molecule has 2 aliphatic rings. The van der Waals surface area contributed by atoms with Crippen molar-refractivity contribution >= 4 is 22.4 Å². The quantitative estimate of drug-likeness (QED) is 0.670. The topological polar surface area (TPSA) is 77.3 Å². The third-order valence-corrected chi connectivity index (χ3v) is 7.61. The molecule has 0 amide bonds. The van der Waals surface area contributed by atoms with Crippen LogP contribution in [-0.4, -0.2) is 30.3 Å². The first-order chi connectivity index (χ1) is 14.5. The molecule has 5 nitrogen and oxygen atoms in total. The fourth-order valence-corrected chi connectivity index (χ4v) is 5.64. The fourth-order valence-electron chi connectivity index (χ4n) is 5.43. The predicted molar refractivity (Wildman–Crippen MR) is 121 cm³/mol. The summed E-state index contributed by atoms with van der Waals surface area (Å²) in [6, 6.07) is 5.70. The lowest BCUT2D eigenvalue weighted by Gasteiger charge is -2.46. The number of ether oxygens (including phenoxy) is 2. The van der Waals surface area contributed by atoms with Crippen LogP contribution in [0.3, 0.4) is 0 Å². The molecule has 1 aromatic carbocycles. The molecule has 1 aliphatic heterocycles. The standard InChI is InChI=1S/C24H33ClN2O3/c1-2-22(26)24(15-16-6-11-29-12-7-16)8-3-18(4-9-24)30-21-13-17-5-10-27-23(28)19(17)14-20(21)25/h5,10,13-14,16,18,22H,2-4,6-9,11-12,15,26H2,1H3,(H,27,28)/t18?,22-,24?/m1/s1. The Hall–Kier alpha value is -1.56. The van der Waals surface area contributed by atoms with Crippen molar-refractivity contribution in [2.24, 2.45) is 17.1 Å². The van der Waals surface area contributed by atoms with Crippen molar-refractivity contribution in [3.05, 3.63) is 39.8 Å². The first kappa shape index (κ1) is 21.7. The van der Waals surface area contributed by atoms with E-state index in [1.165, 1.54) is 6.42 Å². The summed E-state index contributed by atoms with van der Waals surface area (Å²) in [5, 5.41) is 1.92. The van der Waals surface area contributed by atoms with E-state index < -0.39 is 0 Å². The molecule has 2 aromatic rings. The second-order valence-corrected chi connectivity index (χ2v) is 9.54. The second-order valence-electron chi connectivity index (χ2n) is 9.13. The Morgan fingerprint density at radius 2 is 2.00 bits per heavy atom. The first-order valence-corrected chi connectivity index (χ1v) is 11.7. The van der Waals surface area contributed by atoms with E-state index in [9.17, 15) is 4.79 Å². The van der Waals surface area contributed by atoms with Crippen LogP contribution in [0.4, 0.5) is 0 Å². The van der Waals surface area contributed by atoms with E-state index in [4.69, 9.17) is 26.8 Å².